The van der Waals surface area contributed by atoms with Gasteiger partial charge in [0.15, 0.2) is 5.71 Å². The van der Waals surface area contributed by atoms with Crippen LogP contribution in [0.25, 0.3) is 0 Å². The van der Waals surface area contributed by atoms with Crippen LogP contribution >= 0.6 is 0 Å². The molecule has 0 fully saturated rings. The fraction of sp³-hybridized carbons (Fsp3) is 0.778. The predicted octanol–water partition coefficient (Wildman–Crippen LogP) is 2.17. The second-order valence-corrected chi connectivity index (χ2v) is 8.40. The molecular weight excluding hydrogens is 198 g/mol. The van der Waals surface area contributed by atoms with Gasteiger partial charge in [0.2, 0.25) is 8.32 Å². The molecule has 14 heavy (non-hydrogen) atoms. The van der Waals surface area contributed by atoms with Crippen LogP contribution in [0.1, 0.15) is 19.8 Å². The molecule has 0 atom stereocenters. The first-order valence-electron chi connectivity index (χ1n) is 4.74. The van der Waals surface area contributed by atoms with Gasteiger partial charge in [-0.25, -0.2) is 4.79 Å². The smallest absolute Gasteiger partial charge is 0.342 e. The van der Waals surface area contributed by atoms with E-state index in [1.807, 2.05) is 26.6 Å². The van der Waals surface area contributed by atoms with Crippen LogP contribution in [0.2, 0.25) is 19.6 Å². The van der Waals surface area contributed by atoms with Crippen LogP contribution in [0.15, 0.2) is 5.16 Å². The molecule has 0 aromatic carbocycles. The van der Waals surface area contributed by atoms with Crippen molar-refractivity contribution >= 4 is 20.0 Å². The predicted molar refractivity (Wildman–Crippen MR) is 58.8 cm³/mol. The fourth-order valence-electron chi connectivity index (χ4n) is 0.869. The average molecular weight is 217 g/mol. The quantitative estimate of drug-likeness (QED) is 0.403. The lowest BCUT2D eigenvalue weighted by Gasteiger charge is -2.17. The largest absolute Gasteiger partial charge is 0.515 e. The van der Waals surface area contributed by atoms with E-state index in [1.165, 1.54) is 7.11 Å². The van der Waals surface area contributed by atoms with E-state index in [1.54, 1.807) is 0 Å². The summed E-state index contributed by atoms with van der Waals surface area (Å²) in [5.41, 5.74) is 0.373. The van der Waals surface area contributed by atoms with Gasteiger partial charge < -0.3 is 9.26 Å². The van der Waals surface area contributed by atoms with Crippen molar-refractivity contribution in [3.8, 4) is 0 Å². The number of hydrogen-bond donors (Lipinski definition) is 0. The Hall–Kier alpha value is -0.843. The second kappa shape index (κ2) is 5.80. The van der Waals surface area contributed by atoms with Gasteiger partial charge in [-0.15, -0.1) is 0 Å². The SMILES string of the molecule is CCCC(=NOC)C(=O)O[Si](C)(C)C. The first kappa shape index (κ1) is 13.2. The van der Waals surface area contributed by atoms with Crippen molar-refractivity contribution in [2.75, 3.05) is 7.11 Å². The molecule has 0 aliphatic rings. The summed E-state index contributed by atoms with van der Waals surface area (Å²) in [4.78, 5) is 16.1. The molecule has 0 rings (SSSR count). The van der Waals surface area contributed by atoms with Gasteiger partial charge in [-0.1, -0.05) is 18.5 Å². The molecule has 0 bridgehead atoms. The lowest BCUT2D eigenvalue weighted by Crippen LogP contribution is -2.33. The molecule has 82 valence electrons. The third kappa shape index (κ3) is 5.74. The summed E-state index contributed by atoms with van der Waals surface area (Å²) in [5, 5.41) is 3.66. The molecule has 0 aromatic heterocycles. The van der Waals surface area contributed by atoms with Crippen molar-refractivity contribution in [1.29, 1.82) is 0 Å². The van der Waals surface area contributed by atoms with Crippen molar-refractivity contribution < 1.29 is 14.1 Å². The number of hydrogen-bond acceptors (Lipinski definition) is 4. The van der Waals surface area contributed by atoms with Crippen LogP contribution < -0.4 is 0 Å². The third-order valence-corrected chi connectivity index (χ3v) is 2.12. The minimum atomic E-state index is -1.83. The molecule has 0 amide bonds. The van der Waals surface area contributed by atoms with Gasteiger partial charge in [-0.05, 0) is 19.6 Å². The highest BCUT2D eigenvalue weighted by Gasteiger charge is 2.23. The summed E-state index contributed by atoms with van der Waals surface area (Å²) in [5.74, 6) is -0.340. The molecule has 0 unspecified atom stereocenters. The number of carbonyl (C=O) groups excluding carboxylic acids is 1. The Morgan fingerprint density at radius 3 is 2.29 bits per heavy atom. The number of carbonyl (C=O) groups is 1. The average Bonchev–Trinajstić information content (AvgIpc) is 2.01. The number of oxime groups is 1. The number of rotatable bonds is 5. The van der Waals surface area contributed by atoms with E-state index in [0.29, 0.717) is 12.1 Å². The van der Waals surface area contributed by atoms with Gasteiger partial charge in [-0.3, -0.25) is 0 Å². The zero-order chi connectivity index (χ0) is 11.2. The van der Waals surface area contributed by atoms with E-state index in [9.17, 15) is 4.79 Å². The molecule has 0 spiro atoms. The maximum Gasteiger partial charge on any atom is 0.342 e. The monoisotopic (exact) mass is 217 g/mol. The Labute approximate surface area is 86.4 Å². The third-order valence-electron chi connectivity index (χ3n) is 1.32. The Balaban J connectivity index is 4.38. The Bertz CT molecular complexity index is 221. The van der Waals surface area contributed by atoms with Gasteiger partial charge in [0.05, 0.1) is 0 Å². The van der Waals surface area contributed by atoms with E-state index >= 15 is 0 Å². The minimum absolute atomic E-state index is 0.340. The molecule has 4 nitrogen and oxygen atoms in total. The van der Waals surface area contributed by atoms with Crippen LogP contribution in [0.5, 0.6) is 0 Å². The summed E-state index contributed by atoms with van der Waals surface area (Å²) >= 11 is 0. The van der Waals surface area contributed by atoms with Gasteiger partial charge in [0.1, 0.15) is 7.11 Å². The zero-order valence-electron chi connectivity index (χ0n) is 9.59. The summed E-state index contributed by atoms with van der Waals surface area (Å²) < 4.78 is 5.29. The molecule has 0 aliphatic carbocycles. The molecule has 0 aliphatic heterocycles. The van der Waals surface area contributed by atoms with E-state index in [4.69, 9.17) is 4.43 Å². The first-order chi connectivity index (χ1) is 6.40. The summed E-state index contributed by atoms with van der Waals surface area (Å²) in [7, 11) is -0.399. The fourth-order valence-corrected chi connectivity index (χ4v) is 1.54. The maximum atomic E-state index is 11.5. The topological polar surface area (TPSA) is 47.9 Å². The minimum Gasteiger partial charge on any atom is -0.515 e. The molecule has 0 aromatic rings. The molecule has 0 heterocycles. The van der Waals surface area contributed by atoms with Crippen molar-refractivity contribution in [2.45, 2.75) is 39.4 Å². The summed E-state index contributed by atoms with van der Waals surface area (Å²) in [6.45, 7) is 7.86. The standard InChI is InChI=1S/C9H19NO3Si/c1-6-7-8(10-12-2)9(11)13-14(3,4)5/h6-7H2,1-5H3. The Kier molecular flexibility index (Phi) is 5.45. The van der Waals surface area contributed by atoms with E-state index in [0.717, 1.165) is 6.42 Å². The van der Waals surface area contributed by atoms with E-state index in [-0.39, 0.29) is 5.97 Å². The Morgan fingerprint density at radius 2 is 1.93 bits per heavy atom. The van der Waals surface area contributed by atoms with Crippen molar-refractivity contribution in [3.05, 3.63) is 0 Å². The number of nitrogens with zero attached hydrogens (tertiary/aromatic N) is 1. The highest BCUT2D eigenvalue weighted by molar-refractivity contribution is 6.72. The van der Waals surface area contributed by atoms with Gasteiger partial charge >= 0.3 is 5.97 Å². The highest BCUT2D eigenvalue weighted by Crippen LogP contribution is 2.06. The molecule has 0 saturated carbocycles. The van der Waals surface area contributed by atoms with E-state index in [2.05, 4.69) is 9.99 Å². The lowest BCUT2D eigenvalue weighted by molar-refractivity contribution is -0.128. The van der Waals surface area contributed by atoms with Crippen LogP contribution in [-0.4, -0.2) is 27.1 Å². The van der Waals surface area contributed by atoms with Crippen LogP contribution in [0.4, 0.5) is 0 Å². The maximum absolute atomic E-state index is 11.5. The lowest BCUT2D eigenvalue weighted by atomic mass is 10.2. The Morgan fingerprint density at radius 1 is 1.36 bits per heavy atom. The normalized spacial score (nSPS) is 12.5. The van der Waals surface area contributed by atoms with Gasteiger partial charge in [0, 0.05) is 6.42 Å². The highest BCUT2D eigenvalue weighted by atomic mass is 28.4. The van der Waals surface area contributed by atoms with Crippen molar-refractivity contribution in [2.24, 2.45) is 5.16 Å². The first-order valence-corrected chi connectivity index (χ1v) is 8.15. The molecule has 5 heteroatoms. The summed E-state index contributed by atoms with van der Waals surface area (Å²) in [6.07, 6.45) is 1.44. The van der Waals surface area contributed by atoms with Crippen molar-refractivity contribution in [1.82, 2.24) is 0 Å². The second-order valence-electron chi connectivity index (χ2n) is 3.97. The van der Waals surface area contributed by atoms with Gasteiger partial charge in [-0.2, -0.15) is 0 Å². The molecule has 0 N–H and O–H groups in total. The van der Waals surface area contributed by atoms with Crippen LogP contribution in [0, 0.1) is 0 Å². The van der Waals surface area contributed by atoms with Crippen molar-refractivity contribution in [3.63, 3.8) is 0 Å². The van der Waals surface area contributed by atoms with E-state index < -0.39 is 8.32 Å². The summed E-state index contributed by atoms with van der Waals surface area (Å²) in [6, 6.07) is 0. The zero-order valence-corrected chi connectivity index (χ0v) is 10.6. The van der Waals surface area contributed by atoms with Crippen LogP contribution in [0.3, 0.4) is 0 Å². The molecule has 0 saturated heterocycles. The molecular formula is C9H19NO3Si. The van der Waals surface area contributed by atoms with Gasteiger partial charge in [0.25, 0.3) is 0 Å². The van der Waals surface area contributed by atoms with Crippen LogP contribution in [-0.2, 0) is 14.1 Å². The molecule has 0 radical (unpaired) electrons.